The van der Waals surface area contributed by atoms with Gasteiger partial charge in [-0.2, -0.15) is 8.42 Å². The molecule has 32 heavy (non-hydrogen) atoms. The molecule has 6 unspecified atom stereocenters. The summed E-state index contributed by atoms with van der Waals surface area (Å²) in [5.74, 6) is 3.04. The van der Waals surface area contributed by atoms with Crippen molar-refractivity contribution < 1.29 is 22.4 Å². The molecule has 1 aromatic carbocycles. The van der Waals surface area contributed by atoms with E-state index in [0.29, 0.717) is 35.2 Å². The van der Waals surface area contributed by atoms with Crippen molar-refractivity contribution in [1.29, 1.82) is 0 Å². The van der Waals surface area contributed by atoms with Gasteiger partial charge in [0, 0.05) is 40.9 Å². The SMILES string of the molecule is CC1CCC2C(C)(C)C2(Oc2cc(OC34CC(C)CCC3C4(C)C)cc(S(=O)(=O)O)c2)C1. The van der Waals surface area contributed by atoms with E-state index in [1.54, 1.807) is 0 Å². The van der Waals surface area contributed by atoms with E-state index in [1.165, 1.54) is 25.0 Å². The zero-order chi connectivity index (χ0) is 23.3. The summed E-state index contributed by atoms with van der Waals surface area (Å²) in [7, 11) is -4.38. The van der Waals surface area contributed by atoms with Gasteiger partial charge in [-0.25, -0.2) is 0 Å². The number of ether oxygens (including phenoxy) is 2. The van der Waals surface area contributed by atoms with E-state index in [2.05, 4.69) is 41.5 Å². The first-order valence-corrected chi connectivity index (χ1v) is 13.7. The molecule has 1 N–H and O–H groups in total. The predicted molar refractivity (Wildman–Crippen MR) is 124 cm³/mol. The van der Waals surface area contributed by atoms with Crippen LogP contribution in [0.2, 0.25) is 0 Å². The molecule has 5 nitrogen and oxygen atoms in total. The predicted octanol–water partition coefficient (Wildman–Crippen LogP) is 6.12. The quantitative estimate of drug-likeness (QED) is 0.534. The Kier molecular flexibility index (Phi) is 4.68. The maximum absolute atomic E-state index is 12.1. The molecule has 0 heterocycles. The van der Waals surface area contributed by atoms with Gasteiger partial charge in [0.1, 0.15) is 27.6 Å². The monoisotopic (exact) mass is 462 g/mol. The Labute approximate surface area is 193 Å². The van der Waals surface area contributed by atoms with Gasteiger partial charge in [0.2, 0.25) is 0 Å². The fourth-order valence-corrected chi connectivity index (χ4v) is 8.24. The van der Waals surface area contributed by atoms with Gasteiger partial charge < -0.3 is 9.47 Å². The van der Waals surface area contributed by atoms with Crippen molar-refractivity contribution in [2.45, 2.75) is 96.2 Å². The third-order valence-corrected chi connectivity index (χ3v) is 10.7. The van der Waals surface area contributed by atoms with E-state index in [-0.39, 0.29) is 26.9 Å². The maximum atomic E-state index is 12.1. The first kappa shape index (κ1) is 22.5. The summed E-state index contributed by atoms with van der Waals surface area (Å²) in [5.41, 5.74) is -0.459. The molecule has 5 rings (SSSR count). The summed E-state index contributed by atoms with van der Waals surface area (Å²) in [6.07, 6.45) is 6.60. The molecule has 0 radical (unpaired) electrons. The zero-order valence-corrected chi connectivity index (χ0v) is 21.1. The Morgan fingerprint density at radius 1 is 0.781 bits per heavy atom. The van der Waals surface area contributed by atoms with Gasteiger partial charge >= 0.3 is 0 Å². The Bertz CT molecular complexity index is 980. The van der Waals surface area contributed by atoms with Gasteiger partial charge in [-0.3, -0.25) is 4.55 Å². The first-order valence-electron chi connectivity index (χ1n) is 12.2. The van der Waals surface area contributed by atoms with Crippen molar-refractivity contribution in [2.24, 2.45) is 34.5 Å². The number of fused-ring (bicyclic) bond motifs is 2. The molecule has 6 heteroatoms. The first-order chi connectivity index (χ1) is 14.7. The molecule has 4 aliphatic rings. The fourth-order valence-electron chi connectivity index (χ4n) is 7.71. The van der Waals surface area contributed by atoms with Gasteiger partial charge in [0.15, 0.2) is 0 Å². The standard InChI is InChI=1S/C26H38O5S/c1-16-7-9-21-23(3,4)25(21,14-16)30-18-11-19(13-20(12-18)32(27,28)29)31-26-15-17(2)8-10-22(26)24(26,5)6/h11-13,16-17,21-22H,7-10,14-15H2,1-6H3,(H,27,28,29). The Hall–Kier alpha value is -1.27. The van der Waals surface area contributed by atoms with E-state index >= 15 is 0 Å². The number of hydrogen-bond acceptors (Lipinski definition) is 4. The van der Waals surface area contributed by atoms with Gasteiger partial charge in [-0.05, 0) is 37.5 Å². The maximum Gasteiger partial charge on any atom is 0.294 e. The molecule has 0 aliphatic heterocycles. The summed E-state index contributed by atoms with van der Waals surface area (Å²) in [6.45, 7) is 13.5. The van der Waals surface area contributed by atoms with E-state index in [4.69, 9.17) is 9.47 Å². The third-order valence-electron chi connectivity index (χ3n) is 9.83. The lowest BCUT2D eigenvalue weighted by Crippen LogP contribution is -2.32. The molecular formula is C26H38O5S. The van der Waals surface area contributed by atoms with Crippen LogP contribution in [0.3, 0.4) is 0 Å². The zero-order valence-electron chi connectivity index (χ0n) is 20.3. The smallest absolute Gasteiger partial charge is 0.294 e. The van der Waals surface area contributed by atoms with Crippen molar-refractivity contribution in [1.82, 2.24) is 0 Å². The highest BCUT2D eigenvalue weighted by Gasteiger charge is 2.75. The lowest BCUT2D eigenvalue weighted by atomic mass is 9.88. The van der Waals surface area contributed by atoms with Crippen LogP contribution < -0.4 is 9.47 Å². The molecular weight excluding hydrogens is 424 g/mol. The molecule has 178 valence electrons. The van der Waals surface area contributed by atoms with Crippen molar-refractivity contribution in [3.05, 3.63) is 18.2 Å². The molecule has 4 saturated carbocycles. The second-order valence-corrected chi connectivity index (χ2v) is 13.8. The van der Waals surface area contributed by atoms with Crippen LogP contribution in [0.15, 0.2) is 23.1 Å². The van der Waals surface area contributed by atoms with E-state index in [9.17, 15) is 13.0 Å². The normalized spacial score (nSPS) is 41.2. The fraction of sp³-hybridized carbons (Fsp3) is 0.769. The van der Waals surface area contributed by atoms with E-state index in [0.717, 1.165) is 25.7 Å². The van der Waals surface area contributed by atoms with Crippen molar-refractivity contribution in [3.8, 4) is 11.5 Å². The molecule has 0 saturated heterocycles. The third kappa shape index (κ3) is 3.08. The Morgan fingerprint density at radius 2 is 1.19 bits per heavy atom. The van der Waals surface area contributed by atoms with Crippen LogP contribution in [-0.4, -0.2) is 24.2 Å². The molecule has 4 aliphatic carbocycles. The van der Waals surface area contributed by atoms with Crippen LogP contribution in [0.1, 0.15) is 80.1 Å². The van der Waals surface area contributed by atoms with Gasteiger partial charge in [0.25, 0.3) is 10.1 Å². The van der Waals surface area contributed by atoms with Crippen LogP contribution in [0.5, 0.6) is 11.5 Å². The molecule has 4 fully saturated rings. The Morgan fingerprint density at radius 3 is 1.56 bits per heavy atom. The summed E-state index contributed by atoms with van der Waals surface area (Å²) >= 11 is 0. The lowest BCUT2D eigenvalue weighted by molar-refractivity contribution is 0.0766. The van der Waals surface area contributed by atoms with Gasteiger partial charge in [-0.1, -0.05) is 54.4 Å². The molecule has 0 amide bonds. The van der Waals surface area contributed by atoms with Gasteiger partial charge in [-0.15, -0.1) is 0 Å². The topological polar surface area (TPSA) is 72.8 Å². The van der Waals surface area contributed by atoms with E-state index in [1.807, 2.05) is 6.07 Å². The Balaban J connectivity index is 1.50. The van der Waals surface area contributed by atoms with Crippen LogP contribution in [0, 0.1) is 34.5 Å². The molecule has 0 spiro atoms. The summed E-state index contributed by atoms with van der Waals surface area (Å²) in [5, 5.41) is 0. The number of hydrogen-bond donors (Lipinski definition) is 1. The van der Waals surface area contributed by atoms with Crippen LogP contribution >= 0.6 is 0 Å². The average Bonchev–Trinajstić information content (AvgIpc) is 3.34. The minimum Gasteiger partial charge on any atom is -0.486 e. The van der Waals surface area contributed by atoms with E-state index < -0.39 is 10.1 Å². The van der Waals surface area contributed by atoms with Crippen LogP contribution in [0.25, 0.3) is 0 Å². The minimum absolute atomic E-state index is 0.0495. The molecule has 6 atom stereocenters. The van der Waals surface area contributed by atoms with Gasteiger partial charge in [0.05, 0.1) is 0 Å². The lowest BCUT2D eigenvalue weighted by Gasteiger charge is -2.31. The molecule has 1 aromatic rings. The summed E-state index contributed by atoms with van der Waals surface area (Å²) in [6, 6.07) is 4.75. The number of benzene rings is 1. The number of rotatable bonds is 5. The molecule has 0 aromatic heterocycles. The second-order valence-electron chi connectivity index (χ2n) is 12.4. The highest BCUT2D eigenvalue weighted by molar-refractivity contribution is 7.85. The average molecular weight is 463 g/mol. The highest BCUT2D eigenvalue weighted by atomic mass is 32.2. The summed E-state index contributed by atoms with van der Waals surface area (Å²) < 4.78 is 47.3. The van der Waals surface area contributed by atoms with Crippen LogP contribution in [-0.2, 0) is 10.1 Å². The second kappa shape index (κ2) is 6.65. The van der Waals surface area contributed by atoms with Crippen molar-refractivity contribution >= 4 is 10.1 Å². The van der Waals surface area contributed by atoms with Crippen LogP contribution in [0.4, 0.5) is 0 Å². The minimum atomic E-state index is -4.38. The molecule has 0 bridgehead atoms. The summed E-state index contributed by atoms with van der Waals surface area (Å²) in [4.78, 5) is -0.157. The highest BCUT2D eigenvalue weighted by Crippen LogP contribution is 2.72. The largest absolute Gasteiger partial charge is 0.486 e. The van der Waals surface area contributed by atoms with Crippen molar-refractivity contribution in [3.63, 3.8) is 0 Å². The van der Waals surface area contributed by atoms with Crippen molar-refractivity contribution in [2.75, 3.05) is 0 Å².